The minimum absolute atomic E-state index is 0.0614. The topological polar surface area (TPSA) is 163 Å². The molecule has 33 heavy (non-hydrogen) atoms. The second kappa shape index (κ2) is 9.49. The van der Waals surface area contributed by atoms with Crippen LogP contribution >= 0.6 is 35.1 Å². The van der Waals surface area contributed by atoms with Crippen molar-refractivity contribution in [1.82, 2.24) is 30.4 Å². The SMILES string of the molecule is Cn1nnnc1SCC1=C(C(=O)O)N2C(=O)C(NC(=O)CNc3ccc(O)c(Cl)c3)[C@@H]2SC1. The van der Waals surface area contributed by atoms with Gasteiger partial charge in [-0.15, -0.1) is 16.9 Å². The fourth-order valence-electron chi connectivity index (χ4n) is 3.31. The Hall–Kier alpha value is -2.97. The molecule has 0 aliphatic carbocycles. The highest BCUT2D eigenvalue weighted by Crippen LogP contribution is 2.41. The first-order chi connectivity index (χ1) is 15.8. The highest BCUT2D eigenvalue weighted by atomic mass is 35.5. The third kappa shape index (κ3) is 4.72. The summed E-state index contributed by atoms with van der Waals surface area (Å²) in [5.74, 6) is -1.48. The van der Waals surface area contributed by atoms with Gasteiger partial charge in [-0.1, -0.05) is 23.4 Å². The molecular formula is C18H18ClN7O5S2. The lowest BCUT2D eigenvalue weighted by atomic mass is 10.0. The van der Waals surface area contributed by atoms with Gasteiger partial charge in [0.2, 0.25) is 11.1 Å². The van der Waals surface area contributed by atoms with Gasteiger partial charge in [-0.2, -0.15) is 0 Å². The summed E-state index contributed by atoms with van der Waals surface area (Å²) in [7, 11) is 1.68. The number of benzene rings is 1. The molecule has 2 amide bonds. The summed E-state index contributed by atoms with van der Waals surface area (Å²) in [5, 5.41) is 36.0. The number of anilines is 1. The fraction of sp³-hybridized carbons (Fsp3) is 0.333. The number of phenols is 1. The number of aryl methyl sites for hydroxylation is 1. The Bertz CT molecular complexity index is 1160. The van der Waals surface area contributed by atoms with Gasteiger partial charge >= 0.3 is 5.97 Å². The third-order valence-corrected chi connectivity index (χ3v) is 7.66. The van der Waals surface area contributed by atoms with Gasteiger partial charge in [0.15, 0.2) is 0 Å². The quantitative estimate of drug-likeness (QED) is 0.222. The summed E-state index contributed by atoms with van der Waals surface area (Å²) < 4.78 is 1.48. The molecule has 4 N–H and O–H groups in total. The molecule has 1 aromatic carbocycles. The van der Waals surface area contributed by atoms with Crippen LogP contribution < -0.4 is 10.6 Å². The Kier molecular flexibility index (Phi) is 6.67. The number of fused-ring (bicyclic) bond motifs is 1. The zero-order chi connectivity index (χ0) is 23.7. The molecular weight excluding hydrogens is 494 g/mol. The molecule has 1 fully saturated rings. The maximum Gasteiger partial charge on any atom is 0.352 e. The van der Waals surface area contributed by atoms with E-state index in [-0.39, 0.29) is 23.0 Å². The van der Waals surface area contributed by atoms with E-state index in [1.54, 1.807) is 13.1 Å². The Morgan fingerprint density at radius 3 is 2.85 bits per heavy atom. The number of hydrogen-bond donors (Lipinski definition) is 4. The van der Waals surface area contributed by atoms with E-state index in [0.29, 0.717) is 27.9 Å². The molecule has 3 heterocycles. The van der Waals surface area contributed by atoms with Gasteiger partial charge in [-0.3, -0.25) is 14.5 Å². The molecule has 15 heteroatoms. The molecule has 0 saturated carbocycles. The van der Waals surface area contributed by atoms with E-state index in [2.05, 4.69) is 26.2 Å². The predicted octanol–water partition coefficient (Wildman–Crippen LogP) is 0.512. The van der Waals surface area contributed by atoms with E-state index >= 15 is 0 Å². The van der Waals surface area contributed by atoms with Crippen LogP contribution in [-0.4, -0.2) is 82.6 Å². The average molecular weight is 512 g/mol. The van der Waals surface area contributed by atoms with Crippen molar-refractivity contribution in [3.63, 3.8) is 0 Å². The number of phenolic OH excluding ortho intramolecular Hbond substituents is 1. The van der Waals surface area contributed by atoms with Gasteiger partial charge in [-0.25, -0.2) is 9.48 Å². The number of halogens is 1. The normalized spacial score (nSPS) is 19.7. The monoisotopic (exact) mass is 511 g/mol. The Balaban J connectivity index is 1.38. The van der Waals surface area contributed by atoms with Crippen molar-refractivity contribution in [3.8, 4) is 5.75 Å². The summed E-state index contributed by atoms with van der Waals surface area (Å²) in [6.07, 6.45) is 0. The number of carboxylic acids is 1. The maximum absolute atomic E-state index is 12.7. The highest BCUT2D eigenvalue weighted by Gasteiger charge is 2.54. The molecule has 0 radical (unpaired) electrons. The van der Waals surface area contributed by atoms with Crippen molar-refractivity contribution in [1.29, 1.82) is 0 Å². The van der Waals surface area contributed by atoms with Gasteiger partial charge in [0, 0.05) is 24.2 Å². The number of carbonyl (C=O) groups excluding carboxylic acids is 2. The number of β-lactam (4-membered cyclic amide) rings is 1. The van der Waals surface area contributed by atoms with Crippen LogP contribution in [-0.2, 0) is 21.4 Å². The van der Waals surface area contributed by atoms with Gasteiger partial charge in [0.05, 0.1) is 11.6 Å². The van der Waals surface area contributed by atoms with Crippen LogP contribution in [0.1, 0.15) is 0 Å². The number of rotatable bonds is 8. The second-order valence-corrected chi connectivity index (χ2v) is 9.56. The molecule has 1 saturated heterocycles. The van der Waals surface area contributed by atoms with Crippen LogP contribution in [0, 0.1) is 0 Å². The van der Waals surface area contributed by atoms with Crippen LogP contribution in [0.5, 0.6) is 5.75 Å². The molecule has 174 valence electrons. The molecule has 2 aliphatic rings. The van der Waals surface area contributed by atoms with E-state index in [1.807, 2.05) is 0 Å². The predicted molar refractivity (Wildman–Crippen MR) is 121 cm³/mol. The zero-order valence-electron chi connectivity index (χ0n) is 17.1. The number of aromatic nitrogens is 4. The Morgan fingerprint density at radius 1 is 1.39 bits per heavy atom. The van der Waals surface area contributed by atoms with Crippen LogP contribution in [0.4, 0.5) is 5.69 Å². The van der Waals surface area contributed by atoms with Crippen molar-refractivity contribution in [2.75, 3.05) is 23.4 Å². The molecule has 4 rings (SSSR count). The van der Waals surface area contributed by atoms with Crippen LogP contribution in [0.25, 0.3) is 0 Å². The number of tetrazole rings is 1. The lowest BCUT2D eigenvalue weighted by Crippen LogP contribution is -2.71. The molecule has 1 aromatic heterocycles. The molecule has 12 nitrogen and oxygen atoms in total. The third-order valence-electron chi connectivity index (χ3n) is 4.92. The number of carbonyl (C=O) groups is 3. The smallest absolute Gasteiger partial charge is 0.352 e. The number of amides is 2. The molecule has 2 atom stereocenters. The van der Waals surface area contributed by atoms with E-state index in [9.17, 15) is 24.6 Å². The van der Waals surface area contributed by atoms with Crippen LogP contribution in [0.2, 0.25) is 5.02 Å². The number of carboxylic acid groups (broad SMARTS) is 1. The van der Waals surface area contributed by atoms with Crippen molar-refractivity contribution in [2.45, 2.75) is 16.6 Å². The zero-order valence-corrected chi connectivity index (χ0v) is 19.4. The minimum atomic E-state index is -1.20. The van der Waals surface area contributed by atoms with Crippen molar-refractivity contribution in [3.05, 3.63) is 34.5 Å². The fourth-order valence-corrected chi connectivity index (χ4v) is 5.83. The number of hydrogen-bond acceptors (Lipinski definition) is 10. The number of aliphatic carboxylic acids is 1. The van der Waals surface area contributed by atoms with E-state index in [1.165, 1.54) is 45.2 Å². The first kappa shape index (κ1) is 23.2. The number of aromatic hydroxyl groups is 1. The minimum Gasteiger partial charge on any atom is -0.506 e. The van der Waals surface area contributed by atoms with Crippen molar-refractivity contribution in [2.24, 2.45) is 7.05 Å². The largest absolute Gasteiger partial charge is 0.506 e. The molecule has 2 aliphatic heterocycles. The summed E-state index contributed by atoms with van der Waals surface area (Å²) in [4.78, 5) is 38.2. The van der Waals surface area contributed by atoms with E-state index in [4.69, 9.17) is 11.6 Å². The standard InChI is InChI=1S/C18H18ClN7O5S2/c1-25-18(22-23-24-25)33-7-8-6-32-16-13(15(29)26(16)14(8)17(30)31)21-12(28)5-20-9-2-3-11(27)10(19)4-9/h2-4,13,16,20,27H,5-7H2,1H3,(H,21,28)(H,30,31)/t13?,16-/m0/s1. The van der Waals surface area contributed by atoms with Crippen LogP contribution in [0.3, 0.4) is 0 Å². The number of thioether (sulfide) groups is 2. The first-order valence-electron chi connectivity index (χ1n) is 9.53. The molecule has 0 spiro atoms. The van der Waals surface area contributed by atoms with Crippen molar-refractivity contribution < 1.29 is 24.6 Å². The molecule has 1 unspecified atom stereocenters. The van der Waals surface area contributed by atoms with E-state index < -0.39 is 29.2 Å². The molecule has 2 aromatic rings. The van der Waals surface area contributed by atoms with E-state index in [0.717, 1.165) is 0 Å². The van der Waals surface area contributed by atoms with Gasteiger partial charge in [-0.05, 0) is 34.2 Å². The number of nitrogens with one attached hydrogen (secondary N) is 2. The Labute approximate surface area is 200 Å². The van der Waals surface area contributed by atoms with Gasteiger partial charge in [0.25, 0.3) is 5.91 Å². The van der Waals surface area contributed by atoms with Crippen molar-refractivity contribution >= 4 is 58.6 Å². The summed E-state index contributed by atoms with van der Waals surface area (Å²) in [6.45, 7) is -0.127. The van der Waals surface area contributed by atoms with Crippen LogP contribution in [0.15, 0.2) is 34.6 Å². The number of nitrogens with zero attached hydrogens (tertiary/aromatic N) is 5. The van der Waals surface area contributed by atoms with Gasteiger partial charge < -0.3 is 20.8 Å². The van der Waals surface area contributed by atoms with Gasteiger partial charge in [0.1, 0.15) is 22.9 Å². The lowest BCUT2D eigenvalue weighted by Gasteiger charge is -2.49. The first-order valence-corrected chi connectivity index (χ1v) is 11.9. The summed E-state index contributed by atoms with van der Waals surface area (Å²) in [5.41, 5.74) is 1.05. The Morgan fingerprint density at radius 2 is 2.18 bits per heavy atom. The lowest BCUT2D eigenvalue weighted by molar-refractivity contribution is -0.150. The highest BCUT2D eigenvalue weighted by molar-refractivity contribution is 8.01. The maximum atomic E-state index is 12.7. The molecule has 0 bridgehead atoms. The second-order valence-electron chi connectivity index (χ2n) is 7.11. The summed E-state index contributed by atoms with van der Waals surface area (Å²) in [6, 6.07) is 3.60. The summed E-state index contributed by atoms with van der Waals surface area (Å²) >= 11 is 8.51. The average Bonchev–Trinajstić information content (AvgIpc) is 3.20.